The highest BCUT2D eigenvalue weighted by Gasteiger charge is 2.28. The number of sulfonamides is 1. The number of pyridine rings is 1. The van der Waals surface area contributed by atoms with E-state index < -0.39 is 10.0 Å². The quantitative estimate of drug-likeness (QED) is 0.872. The Morgan fingerprint density at radius 2 is 2.06 bits per heavy atom. The summed E-state index contributed by atoms with van der Waals surface area (Å²) in [6.07, 6.45) is 2.84. The molecule has 1 atom stereocenters. The molecule has 0 saturated carbocycles. The lowest BCUT2D eigenvalue weighted by atomic mass is 9.88. The van der Waals surface area contributed by atoms with Gasteiger partial charge in [0.25, 0.3) is 0 Å². The molecule has 1 rings (SSSR count). The first kappa shape index (κ1) is 15.6. The summed E-state index contributed by atoms with van der Waals surface area (Å²) in [5.41, 5.74) is 5.37. The van der Waals surface area contributed by atoms with Crippen molar-refractivity contribution >= 4 is 26.0 Å². The summed E-state index contributed by atoms with van der Waals surface area (Å²) in [4.78, 5) is 3.97. The van der Waals surface area contributed by atoms with Gasteiger partial charge in [-0.2, -0.15) is 0 Å². The molecule has 0 amide bonds. The van der Waals surface area contributed by atoms with E-state index in [1.165, 1.54) is 18.5 Å². The second kappa shape index (κ2) is 5.64. The second-order valence-electron chi connectivity index (χ2n) is 5.11. The van der Waals surface area contributed by atoms with Gasteiger partial charge >= 0.3 is 0 Å². The van der Waals surface area contributed by atoms with Crippen molar-refractivity contribution in [3.63, 3.8) is 0 Å². The fraction of sp³-hybridized carbons (Fsp3) is 0.545. The van der Waals surface area contributed by atoms with Crippen molar-refractivity contribution in [2.24, 2.45) is 11.1 Å². The van der Waals surface area contributed by atoms with Crippen LogP contribution in [-0.2, 0) is 10.0 Å². The number of hydrogen-bond acceptors (Lipinski definition) is 4. The molecule has 1 unspecified atom stereocenters. The molecule has 1 heterocycles. The topological polar surface area (TPSA) is 85.1 Å². The van der Waals surface area contributed by atoms with Gasteiger partial charge in [0.2, 0.25) is 10.0 Å². The van der Waals surface area contributed by atoms with Crippen LogP contribution in [0.2, 0.25) is 0 Å². The molecule has 0 aliphatic rings. The number of nitrogens with two attached hydrogens (primary N) is 1. The predicted molar refractivity (Wildman–Crippen MR) is 74.6 cm³/mol. The molecule has 0 aliphatic heterocycles. The Kier molecular flexibility index (Phi) is 4.88. The first-order valence-electron chi connectivity index (χ1n) is 5.50. The van der Waals surface area contributed by atoms with Crippen LogP contribution in [0.1, 0.15) is 20.8 Å². The third-order valence-electron chi connectivity index (χ3n) is 2.57. The zero-order valence-corrected chi connectivity index (χ0v) is 13.0. The van der Waals surface area contributed by atoms with Crippen molar-refractivity contribution in [2.45, 2.75) is 31.7 Å². The number of halogens is 1. The van der Waals surface area contributed by atoms with Crippen LogP contribution in [0.5, 0.6) is 0 Å². The maximum Gasteiger partial charge on any atom is 0.242 e. The molecule has 3 N–H and O–H groups in total. The largest absolute Gasteiger partial charge is 0.329 e. The molecule has 5 nitrogen and oxygen atoms in total. The molecule has 0 bridgehead atoms. The highest BCUT2D eigenvalue weighted by Crippen LogP contribution is 2.21. The third-order valence-corrected chi connectivity index (χ3v) is 4.44. The van der Waals surface area contributed by atoms with Crippen molar-refractivity contribution in [1.82, 2.24) is 9.71 Å². The van der Waals surface area contributed by atoms with Gasteiger partial charge in [-0.3, -0.25) is 4.98 Å². The molecule has 0 radical (unpaired) electrons. The Morgan fingerprint density at radius 1 is 1.44 bits per heavy atom. The lowest BCUT2D eigenvalue weighted by Crippen LogP contribution is -2.48. The van der Waals surface area contributed by atoms with Crippen molar-refractivity contribution in [1.29, 1.82) is 0 Å². The van der Waals surface area contributed by atoms with E-state index in [0.29, 0.717) is 4.47 Å². The maximum atomic E-state index is 12.2. The van der Waals surface area contributed by atoms with Crippen molar-refractivity contribution < 1.29 is 8.42 Å². The standard InChI is InChI=1S/C11H18BrN3O2S/c1-11(2,3)10(5-13)15-18(16,17)9-4-8(12)6-14-7-9/h4,6-7,10,15H,5,13H2,1-3H3. The molecule has 1 aromatic heterocycles. The molecular formula is C11H18BrN3O2S. The van der Waals surface area contributed by atoms with Crippen LogP contribution >= 0.6 is 15.9 Å². The van der Waals surface area contributed by atoms with Crippen LogP contribution in [-0.4, -0.2) is 26.0 Å². The van der Waals surface area contributed by atoms with Gasteiger partial charge in [0.1, 0.15) is 4.90 Å². The average Bonchev–Trinajstić information content (AvgIpc) is 2.24. The number of hydrogen-bond donors (Lipinski definition) is 2. The van der Waals surface area contributed by atoms with E-state index in [4.69, 9.17) is 5.73 Å². The maximum absolute atomic E-state index is 12.2. The lowest BCUT2D eigenvalue weighted by molar-refractivity contribution is 0.304. The second-order valence-corrected chi connectivity index (χ2v) is 7.74. The van der Waals surface area contributed by atoms with Crippen LogP contribution in [0.4, 0.5) is 0 Å². The summed E-state index contributed by atoms with van der Waals surface area (Å²) >= 11 is 3.20. The first-order valence-corrected chi connectivity index (χ1v) is 7.77. The fourth-order valence-electron chi connectivity index (χ4n) is 1.37. The number of nitrogens with one attached hydrogen (secondary N) is 1. The number of nitrogens with zero attached hydrogens (tertiary/aromatic N) is 1. The summed E-state index contributed by atoms with van der Waals surface area (Å²) in [6.45, 7) is 6.05. The predicted octanol–water partition coefficient (Wildman–Crippen LogP) is 1.50. The first-order chi connectivity index (χ1) is 8.16. The van der Waals surface area contributed by atoms with E-state index in [9.17, 15) is 8.42 Å². The minimum Gasteiger partial charge on any atom is -0.329 e. The monoisotopic (exact) mass is 335 g/mol. The smallest absolute Gasteiger partial charge is 0.242 e. The van der Waals surface area contributed by atoms with Crippen LogP contribution in [0, 0.1) is 5.41 Å². The van der Waals surface area contributed by atoms with E-state index in [2.05, 4.69) is 25.6 Å². The average molecular weight is 336 g/mol. The van der Waals surface area contributed by atoms with E-state index in [0.717, 1.165) is 0 Å². The van der Waals surface area contributed by atoms with Gasteiger partial charge in [-0.1, -0.05) is 20.8 Å². The molecule has 102 valence electrons. The molecule has 1 aromatic rings. The molecule has 0 saturated heterocycles. The van der Waals surface area contributed by atoms with Crippen LogP contribution in [0.25, 0.3) is 0 Å². The molecule has 0 fully saturated rings. The zero-order chi connectivity index (χ0) is 14.0. The normalized spacial score (nSPS) is 14.5. The Balaban J connectivity index is 3.02. The van der Waals surface area contributed by atoms with Crippen LogP contribution in [0.15, 0.2) is 27.8 Å². The van der Waals surface area contributed by atoms with E-state index in [1.54, 1.807) is 0 Å². The fourth-order valence-corrected chi connectivity index (χ4v) is 3.33. The van der Waals surface area contributed by atoms with Gasteiger partial charge < -0.3 is 5.73 Å². The molecular weight excluding hydrogens is 318 g/mol. The minimum atomic E-state index is -3.60. The van der Waals surface area contributed by atoms with E-state index >= 15 is 0 Å². The van der Waals surface area contributed by atoms with Crippen molar-refractivity contribution in [2.75, 3.05) is 6.54 Å². The lowest BCUT2D eigenvalue weighted by Gasteiger charge is -2.30. The summed E-state index contributed by atoms with van der Waals surface area (Å²) in [5, 5.41) is 0. The number of aromatic nitrogens is 1. The SMILES string of the molecule is CC(C)(C)C(CN)NS(=O)(=O)c1cncc(Br)c1. The van der Waals surface area contributed by atoms with Gasteiger partial charge in [-0.25, -0.2) is 13.1 Å². The van der Waals surface area contributed by atoms with Gasteiger partial charge in [0.05, 0.1) is 0 Å². The van der Waals surface area contributed by atoms with Crippen molar-refractivity contribution in [3.8, 4) is 0 Å². The van der Waals surface area contributed by atoms with Gasteiger partial charge in [-0.15, -0.1) is 0 Å². The summed E-state index contributed by atoms with van der Waals surface area (Å²) in [5.74, 6) is 0. The highest BCUT2D eigenvalue weighted by atomic mass is 79.9. The Hall–Kier alpha value is -0.500. The summed E-state index contributed by atoms with van der Waals surface area (Å²) < 4.78 is 27.6. The molecule has 0 aromatic carbocycles. The van der Waals surface area contributed by atoms with Crippen LogP contribution in [0.3, 0.4) is 0 Å². The van der Waals surface area contributed by atoms with E-state index in [-0.39, 0.29) is 22.9 Å². The third kappa shape index (κ3) is 4.01. The summed E-state index contributed by atoms with van der Waals surface area (Å²) in [6, 6.07) is 1.17. The molecule has 7 heteroatoms. The number of rotatable bonds is 4. The van der Waals surface area contributed by atoms with Gasteiger partial charge in [0, 0.05) is 29.5 Å². The zero-order valence-electron chi connectivity index (χ0n) is 10.6. The Morgan fingerprint density at radius 3 is 2.50 bits per heavy atom. The van der Waals surface area contributed by atoms with Crippen LogP contribution < -0.4 is 10.5 Å². The molecule has 18 heavy (non-hydrogen) atoms. The van der Waals surface area contributed by atoms with Crippen molar-refractivity contribution in [3.05, 3.63) is 22.9 Å². The highest BCUT2D eigenvalue weighted by molar-refractivity contribution is 9.10. The molecule has 0 spiro atoms. The van der Waals surface area contributed by atoms with Gasteiger partial charge in [-0.05, 0) is 27.4 Å². The Labute approximate surface area is 116 Å². The van der Waals surface area contributed by atoms with E-state index in [1.807, 2.05) is 20.8 Å². The van der Waals surface area contributed by atoms with Gasteiger partial charge in [0.15, 0.2) is 0 Å². The molecule has 0 aliphatic carbocycles. The minimum absolute atomic E-state index is 0.125. The summed E-state index contributed by atoms with van der Waals surface area (Å²) in [7, 11) is -3.60. The Bertz CT molecular complexity index is 511.